The van der Waals surface area contributed by atoms with Gasteiger partial charge in [-0.3, -0.25) is 9.36 Å². The van der Waals surface area contributed by atoms with E-state index in [0.29, 0.717) is 0 Å². The van der Waals surface area contributed by atoms with E-state index < -0.39 is 30.8 Å². The van der Waals surface area contributed by atoms with Crippen molar-refractivity contribution in [3.63, 3.8) is 0 Å². The lowest BCUT2D eigenvalue weighted by Gasteiger charge is -2.24. The molecule has 0 aliphatic carbocycles. The predicted octanol–water partition coefficient (Wildman–Crippen LogP) is 0.704. The van der Waals surface area contributed by atoms with Crippen molar-refractivity contribution < 1.29 is 24.5 Å². The van der Waals surface area contributed by atoms with E-state index in [0.717, 1.165) is 0 Å². The number of aliphatic carboxylic acids is 1. The smallest absolute Gasteiger partial charge is 0.307 e. The fraction of sp³-hybridized carbons (Fsp3) is 0.857. The van der Waals surface area contributed by atoms with Crippen molar-refractivity contribution in [2.24, 2.45) is 5.92 Å². The monoisotopic (exact) mass is 210 g/mol. The van der Waals surface area contributed by atoms with E-state index in [9.17, 15) is 14.3 Å². The first kappa shape index (κ1) is 12.6. The van der Waals surface area contributed by atoms with Crippen LogP contribution in [0.25, 0.3) is 0 Å². The van der Waals surface area contributed by atoms with Crippen molar-refractivity contribution in [2.45, 2.75) is 32.3 Å². The van der Waals surface area contributed by atoms with Crippen molar-refractivity contribution in [1.82, 2.24) is 0 Å². The Morgan fingerprint density at radius 3 is 1.92 bits per heavy atom. The van der Waals surface area contributed by atoms with Gasteiger partial charge < -0.3 is 15.1 Å². The zero-order valence-corrected chi connectivity index (χ0v) is 8.73. The molecule has 0 radical (unpaired) electrons. The second kappa shape index (κ2) is 4.22. The van der Waals surface area contributed by atoms with Crippen LogP contribution in [0.4, 0.5) is 0 Å². The maximum Gasteiger partial charge on any atom is 0.307 e. The van der Waals surface area contributed by atoms with Gasteiger partial charge in [0, 0.05) is 5.66 Å². The first-order valence-electron chi connectivity index (χ1n) is 3.94. The van der Waals surface area contributed by atoms with Gasteiger partial charge in [-0.05, 0) is 6.92 Å². The largest absolute Gasteiger partial charge is 0.481 e. The highest BCUT2D eigenvalue weighted by Gasteiger charge is 2.38. The maximum absolute atomic E-state index is 11.4. The van der Waals surface area contributed by atoms with Gasteiger partial charge in [-0.2, -0.15) is 0 Å². The number of carboxylic acid groups (broad SMARTS) is 1. The number of aliphatic hydroxyl groups excluding tert-OH is 1. The molecule has 0 rings (SSSR count). The van der Waals surface area contributed by atoms with Crippen LogP contribution in [0.15, 0.2) is 0 Å². The Labute approximate surface area is 76.8 Å². The van der Waals surface area contributed by atoms with E-state index >= 15 is 0 Å². The molecule has 0 saturated carbocycles. The van der Waals surface area contributed by atoms with Crippen LogP contribution in [-0.2, 0) is 9.36 Å². The Hall–Kier alpha value is -0.380. The van der Waals surface area contributed by atoms with E-state index in [4.69, 9.17) is 10.2 Å². The minimum Gasteiger partial charge on any atom is -0.481 e. The highest BCUT2D eigenvalue weighted by Crippen LogP contribution is 2.52. The van der Waals surface area contributed by atoms with Crippen molar-refractivity contribution >= 4 is 13.3 Å². The van der Waals surface area contributed by atoms with Crippen LogP contribution in [0.2, 0.25) is 0 Å². The molecule has 6 heteroatoms. The number of hydrogen-bond acceptors (Lipinski definition) is 3. The molecule has 0 aromatic heterocycles. The topological polar surface area (TPSA) is 94.8 Å². The highest BCUT2D eigenvalue weighted by molar-refractivity contribution is 7.59. The van der Waals surface area contributed by atoms with Gasteiger partial charge >= 0.3 is 5.97 Å². The van der Waals surface area contributed by atoms with Gasteiger partial charge in [0.15, 0.2) is 0 Å². The summed E-state index contributed by atoms with van der Waals surface area (Å²) in [5.41, 5.74) is -0.940. The van der Waals surface area contributed by atoms with E-state index in [-0.39, 0.29) is 0 Å². The first-order chi connectivity index (χ1) is 5.71. The minimum absolute atomic E-state index is 0.939. The maximum atomic E-state index is 11.4. The number of aliphatic hydroxyl groups is 1. The van der Waals surface area contributed by atoms with Crippen LogP contribution in [0.5, 0.6) is 0 Å². The van der Waals surface area contributed by atoms with Crippen molar-refractivity contribution in [3.05, 3.63) is 0 Å². The average molecular weight is 210 g/mol. The normalized spacial score (nSPS) is 22.8. The lowest BCUT2D eigenvalue weighted by Crippen LogP contribution is -2.26. The lowest BCUT2D eigenvalue weighted by molar-refractivity contribution is -0.141. The molecule has 0 aliphatic rings. The zero-order chi connectivity index (χ0) is 10.8. The molecule has 0 saturated heterocycles. The van der Waals surface area contributed by atoms with Crippen LogP contribution >= 0.6 is 7.37 Å². The molecule has 4 unspecified atom stereocenters. The summed E-state index contributed by atoms with van der Waals surface area (Å²) in [7, 11) is -3.79. The molecule has 0 aliphatic heterocycles. The molecular formula is C7H15O5P. The molecular weight excluding hydrogens is 195 g/mol. The van der Waals surface area contributed by atoms with Crippen LogP contribution in [0.3, 0.4) is 0 Å². The van der Waals surface area contributed by atoms with Gasteiger partial charge in [0.05, 0.1) is 5.92 Å². The summed E-state index contributed by atoms with van der Waals surface area (Å²) in [4.78, 5) is 19.8. The Bertz CT molecular complexity index is 237. The van der Waals surface area contributed by atoms with Crippen molar-refractivity contribution in [3.8, 4) is 0 Å². The highest BCUT2D eigenvalue weighted by atomic mass is 31.2. The molecule has 4 atom stereocenters. The van der Waals surface area contributed by atoms with E-state index in [1.807, 2.05) is 0 Å². The van der Waals surface area contributed by atoms with Gasteiger partial charge in [-0.15, -0.1) is 0 Å². The van der Waals surface area contributed by atoms with Gasteiger partial charge in [0.2, 0.25) is 7.37 Å². The number of carbonyl (C=O) groups is 1. The van der Waals surface area contributed by atoms with Crippen LogP contribution in [0, 0.1) is 5.92 Å². The third-order valence-electron chi connectivity index (χ3n) is 2.23. The van der Waals surface area contributed by atoms with E-state index in [2.05, 4.69) is 0 Å². The number of hydrogen-bond donors (Lipinski definition) is 3. The van der Waals surface area contributed by atoms with E-state index in [1.165, 1.54) is 20.8 Å². The van der Waals surface area contributed by atoms with Crippen LogP contribution < -0.4 is 0 Å². The summed E-state index contributed by atoms with van der Waals surface area (Å²) >= 11 is 0. The van der Waals surface area contributed by atoms with Crippen LogP contribution in [0.1, 0.15) is 20.8 Å². The Morgan fingerprint density at radius 1 is 1.31 bits per heavy atom. The predicted molar refractivity (Wildman–Crippen MR) is 47.8 cm³/mol. The summed E-state index contributed by atoms with van der Waals surface area (Å²) < 4.78 is 11.4. The third kappa shape index (κ3) is 2.79. The molecule has 0 amide bonds. The molecule has 13 heavy (non-hydrogen) atoms. The molecule has 5 nitrogen and oxygen atoms in total. The lowest BCUT2D eigenvalue weighted by atomic mass is 10.1. The van der Waals surface area contributed by atoms with Gasteiger partial charge in [0.25, 0.3) is 0 Å². The second-order valence-electron chi connectivity index (χ2n) is 3.17. The van der Waals surface area contributed by atoms with Crippen LogP contribution in [-0.4, -0.2) is 32.6 Å². The fourth-order valence-corrected chi connectivity index (χ4v) is 2.32. The Morgan fingerprint density at radius 2 is 1.69 bits per heavy atom. The third-order valence-corrected chi connectivity index (χ3v) is 4.92. The molecule has 0 aromatic rings. The van der Waals surface area contributed by atoms with Gasteiger partial charge in [-0.1, -0.05) is 13.8 Å². The fourth-order valence-electron chi connectivity index (χ4n) is 0.867. The molecule has 0 bridgehead atoms. The van der Waals surface area contributed by atoms with Gasteiger partial charge in [-0.25, -0.2) is 0 Å². The Balaban J connectivity index is 4.69. The number of carboxylic acids is 1. The minimum atomic E-state index is -3.79. The zero-order valence-electron chi connectivity index (χ0n) is 7.84. The SMILES string of the molecule is CC(C(=O)O)C(C)P(=O)(O)C(C)O. The number of rotatable bonds is 4. The standard InChI is InChI=1S/C7H15O5P/c1-4(7(9)10)5(2)13(11,12)6(3)8/h4-6,8H,1-3H3,(H,9,10)(H,11,12). The molecule has 0 spiro atoms. The molecule has 3 N–H and O–H groups in total. The second-order valence-corrected chi connectivity index (χ2v) is 6.08. The summed E-state index contributed by atoms with van der Waals surface area (Å²) in [5, 5.41) is 17.6. The van der Waals surface area contributed by atoms with Crippen molar-refractivity contribution in [2.75, 3.05) is 0 Å². The molecule has 78 valence electrons. The molecule has 0 heterocycles. The van der Waals surface area contributed by atoms with Gasteiger partial charge in [0.1, 0.15) is 5.85 Å². The first-order valence-corrected chi connectivity index (χ1v) is 5.74. The summed E-state index contributed by atoms with van der Waals surface area (Å²) in [6.45, 7) is 3.89. The average Bonchev–Trinajstić information content (AvgIpc) is 2.01. The summed E-state index contributed by atoms with van der Waals surface area (Å²) in [6, 6.07) is 0. The molecule has 0 aromatic carbocycles. The molecule has 0 fully saturated rings. The van der Waals surface area contributed by atoms with E-state index in [1.54, 1.807) is 0 Å². The summed E-state index contributed by atoms with van der Waals surface area (Å²) in [5.74, 6) is -3.46. The summed E-state index contributed by atoms with van der Waals surface area (Å²) in [6.07, 6.45) is 0. The Kier molecular flexibility index (Phi) is 4.10. The quantitative estimate of drug-likeness (QED) is 0.594. The van der Waals surface area contributed by atoms with Crippen molar-refractivity contribution in [1.29, 1.82) is 0 Å².